The molecule has 0 bridgehead atoms. The number of morpholine rings is 1. The zero-order valence-electron chi connectivity index (χ0n) is 47.4. The molecule has 7 N–H and O–H groups in total. The third-order valence-corrected chi connectivity index (χ3v) is 15.2. The van der Waals surface area contributed by atoms with Crippen LogP contribution in [0.2, 0.25) is 0 Å². The predicted molar refractivity (Wildman–Crippen MR) is 301 cm³/mol. The van der Waals surface area contributed by atoms with E-state index in [1.807, 2.05) is 0 Å². The summed E-state index contributed by atoms with van der Waals surface area (Å²) in [6, 6.07) is 12.3. The van der Waals surface area contributed by atoms with Crippen molar-refractivity contribution in [3.63, 3.8) is 0 Å². The molecule has 1 saturated heterocycles. The summed E-state index contributed by atoms with van der Waals surface area (Å²) in [6.45, 7) is 3.35. The number of hydrogen-bond acceptors (Lipinski definition) is 18. The van der Waals surface area contributed by atoms with Crippen LogP contribution in [0.3, 0.4) is 0 Å². The summed E-state index contributed by atoms with van der Waals surface area (Å²) in [6.07, 6.45) is 5.54. The minimum atomic E-state index is -2.01. The Labute approximate surface area is 491 Å². The van der Waals surface area contributed by atoms with Crippen molar-refractivity contribution in [2.24, 2.45) is 0 Å². The fraction of sp³-hybridized carbons (Fsp3) is 0.431. The van der Waals surface area contributed by atoms with Gasteiger partial charge in [-0.15, -0.1) is 5.10 Å². The molecule has 86 heavy (non-hydrogen) atoms. The number of carbonyl (C=O) groups excluding carboxylic acids is 9. The highest BCUT2D eigenvalue weighted by molar-refractivity contribution is 6.12. The number of unbranched alkanes of at least 4 members (excludes halogenated alkanes) is 2. The summed E-state index contributed by atoms with van der Waals surface area (Å²) in [5.74, 6) is -5.59. The number of benzene rings is 2. The maximum Gasteiger partial charge on any atom is 0.343 e. The Bertz CT molecular complexity index is 3540. The van der Waals surface area contributed by atoms with E-state index in [-0.39, 0.29) is 87.8 Å². The largest absolute Gasteiger partial charge is 0.458 e. The number of imide groups is 1. The van der Waals surface area contributed by atoms with Gasteiger partial charge in [0.25, 0.3) is 17.4 Å². The number of rotatable bonds is 27. The Morgan fingerprint density at radius 3 is 2.38 bits per heavy atom. The standard InChI is InChI=1S/C58H66FN13O14/c1-3-58(83)42-20-46-54-40(30-72(46)56(81)41(42)31-86-57(58)82)39(38-18-34(2)43(59)21-44(38)66-54)29-70-27-36(67-68-70)26-69-16-17-85-37(28-69)22-60-51(77)32-84-33-64-49(75)24-63-55(80)45(19-35-10-6-4-7-11-35)65-50(76)25-62-48(74)23-61-47(73)12-8-5-9-15-71-52(78)13-14-53(71)79/h4,6-7,10-11,13-14,18,20-21,27,37,45,83H,3,5,8-9,12,15-17,19,22-26,28-33H2,1-2H3,(H,60,77)(H,61,73)(H,62,74)(H,63,80)(H,64,75)(H,65,76)/t37?,45-,58+/m1/s1. The Morgan fingerprint density at radius 2 is 1.60 bits per heavy atom. The number of nitrogens with one attached hydrogen (secondary N) is 6. The van der Waals surface area contributed by atoms with Crippen LogP contribution in [0.15, 0.2) is 71.7 Å². The van der Waals surface area contributed by atoms with Gasteiger partial charge in [-0.05, 0) is 55.0 Å². The van der Waals surface area contributed by atoms with Crippen molar-refractivity contribution in [2.75, 3.05) is 65.8 Å². The number of carbonyl (C=O) groups is 9. The average molecular weight is 1190 g/mol. The number of cyclic esters (lactones) is 1. The highest BCUT2D eigenvalue weighted by atomic mass is 19.1. The molecule has 5 aromatic rings. The molecule has 2 aromatic carbocycles. The molecule has 0 radical (unpaired) electrons. The van der Waals surface area contributed by atoms with E-state index in [0.717, 1.165) is 10.5 Å². The first-order valence-corrected chi connectivity index (χ1v) is 28.2. The third-order valence-electron chi connectivity index (χ3n) is 15.2. The molecule has 9 rings (SSSR count). The highest BCUT2D eigenvalue weighted by Crippen LogP contribution is 2.41. The fourth-order valence-electron chi connectivity index (χ4n) is 10.5. The number of aliphatic hydroxyl groups is 1. The second-order valence-electron chi connectivity index (χ2n) is 21.2. The van der Waals surface area contributed by atoms with Crippen molar-refractivity contribution in [1.29, 1.82) is 0 Å². The summed E-state index contributed by atoms with van der Waals surface area (Å²) in [5.41, 5.74) is 2.29. The normalized spacial score (nSPS) is 17.3. The van der Waals surface area contributed by atoms with Crippen LogP contribution in [-0.2, 0) is 95.6 Å². The predicted octanol–water partition coefficient (Wildman–Crippen LogP) is -0.864. The third kappa shape index (κ3) is 14.9. The van der Waals surface area contributed by atoms with Crippen molar-refractivity contribution < 1.29 is 66.9 Å². The van der Waals surface area contributed by atoms with Gasteiger partial charge < -0.3 is 55.8 Å². The molecule has 0 saturated carbocycles. The molecule has 1 unspecified atom stereocenters. The molecular formula is C58H66FN13O14. The van der Waals surface area contributed by atoms with Gasteiger partial charge in [0.2, 0.25) is 35.4 Å². The van der Waals surface area contributed by atoms with Gasteiger partial charge in [-0.25, -0.2) is 18.9 Å². The van der Waals surface area contributed by atoms with Crippen LogP contribution >= 0.6 is 0 Å². The lowest BCUT2D eigenvalue weighted by Crippen LogP contribution is -2.52. The Morgan fingerprint density at radius 1 is 0.860 bits per heavy atom. The number of ether oxygens (including phenoxy) is 3. The topological polar surface area (TPSA) is 346 Å². The van der Waals surface area contributed by atoms with Crippen molar-refractivity contribution in [3.8, 4) is 11.4 Å². The van der Waals surface area contributed by atoms with Crippen LogP contribution in [0, 0.1) is 12.7 Å². The lowest BCUT2D eigenvalue weighted by molar-refractivity contribution is -0.172. The molecule has 4 aliphatic rings. The molecule has 28 heteroatoms. The van der Waals surface area contributed by atoms with E-state index in [0.29, 0.717) is 90.2 Å². The number of fused-ring (bicyclic) bond motifs is 5. The van der Waals surface area contributed by atoms with E-state index >= 15 is 4.39 Å². The highest BCUT2D eigenvalue weighted by Gasteiger charge is 2.45. The van der Waals surface area contributed by atoms with Gasteiger partial charge in [0, 0.05) is 80.3 Å². The summed E-state index contributed by atoms with van der Waals surface area (Å²) in [7, 11) is 0. The second-order valence-corrected chi connectivity index (χ2v) is 21.2. The number of esters is 1. The quantitative estimate of drug-likeness (QED) is 0.0143. The number of nitrogens with zero attached hydrogens (tertiary/aromatic N) is 7. The second kappa shape index (κ2) is 27.7. The van der Waals surface area contributed by atoms with Gasteiger partial charge in [-0.2, -0.15) is 0 Å². The van der Waals surface area contributed by atoms with E-state index in [1.54, 1.807) is 67.2 Å². The van der Waals surface area contributed by atoms with E-state index in [2.05, 4.69) is 47.1 Å². The molecule has 1 fully saturated rings. The summed E-state index contributed by atoms with van der Waals surface area (Å²) < 4.78 is 34.8. The first-order valence-electron chi connectivity index (χ1n) is 28.2. The van der Waals surface area contributed by atoms with Crippen molar-refractivity contribution in [2.45, 2.75) is 96.4 Å². The van der Waals surface area contributed by atoms with Crippen LogP contribution in [0.5, 0.6) is 0 Å². The minimum absolute atomic E-state index is 0.0178. The number of aromatic nitrogens is 5. The van der Waals surface area contributed by atoms with Crippen LogP contribution in [0.1, 0.15) is 78.1 Å². The van der Waals surface area contributed by atoms with Crippen LogP contribution in [0.4, 0.5) is 4.39 Å². The smallest absolute Gasteiger partial charge is 0.343 e. The first kappa shape index (κ1) is 61.4. The molecule has 454 valence electrons. The van der Waals surface area contributed by atoms with Crippen molar-refractivity contribution in [3.05, 3.63) is 122 Å². The van der Waals surface area contributed by atoms with Gasteiger partial charge in [-0.1, -0.05) is 48.9 Å². The molecule has 8 amide bonds. The maximum absolute atomic E-state index is 15.1. The maximum atomic E-state index is 15.1. The number of pyridine rings is 2. The van der Waals surface area contributed by atoms with E-state index in [1.165, 1.54) is 22.8 Å². The van der Waals surface area contributed by atoms with Gasteiger partial charge in [0.05, 0.1) is 79.8 Å². The molecular weight excluding hydrogens is 1120 g/mol. The molecule has 4 aliphatic heterocycles. The molecule has 27 nitrogen and oxygen atoms in total. The Kier molecular flexibility index (Phi) is 19.8. The van der Waals surface area contributed by atoms with Crippen molar-refractivity contribution in [1.82, 2.24) is 66.2 Å². The summed E-state index contributed by atoms with van der Waals surface area (Å²) in [5, 5.41) is 36.0. The van der Waals surface area contributed by atoms with Gasteiger partial charge in [0.1, 0.15) is 31.8 Å². The summed E-state index contributed by atoms with van der Waals surface area (Å²) in [4.78, 5) is 134. The first-order chi connectivity index (χ1) is 41.4. The molecule has 3 aromatic heterocycles. The number of amides is 8. The molecule has 0 spiro atoms. The summed E-state index contributed by atoms with van der Waals surface area (Å²) >= 11 is 0. The number of aryl methyl sites for hydroxylation is 1. The average Bonchev–Trinajstić information content (AvgIpc) is 1.56. The van der Waals surface area contributed by atoms with Crippen LogP contribution < -0.4 is 37.5 Å². The molecule has 3 atom stereocenters. The number of halogens is 1. The van der Waals surface area contributed by atoms with Crippen LogP contribution in [-0.4, -0.2) is 171 Å². The zero-order valence-corrected chi connectivity index (χ0v) is 47.4. The zero-order chi connectivity index (χ0) is 61.1. The fourth-order valence-corrected chi connectivity index (χ4v) is 10.5. The van der Waals surface area contributed by atoms with E-state index < -0.39 is 90.7 Å². The monoisotopic (exact) mass is 1190 g/mol. The van der Waals surface area contributed by atoms with Crippen molar-refractivity contribution >= 4 is 64.1 Å². The van der Waals surface area contributed by atoms with Gasteiger partial charge in [-0.3, -0.25) is 53.0 Å². The van der Waals surface area contributed by atoms with Gasteiger partial charge >= 0.3 is 5.97 Å². The molecule has 0 aliphatic carbocycles. The van der Waals surface area contributed by atoms with E-state index in [4.69, 9.17) is 19.2 Å². The minimum Gasteiger partial charge on any atom is -0.458 e. The van der Waals surface area contributed by atoms with Crippen LogP contribution in [0.25, 0.3) is 22.3 Å². The Balaban J connectivity index is 0.683. The SMILES string of the molecule is CC[C@@]1(O)C(=O)OCc2c1cc1n(c2=O)Cc2c-1nc1cc(F)c(C)cc1c2Cn1cc(CN2CCOC(CNC(=O)COCNC(=O)CNC(=O)[C@@H](Cc3ccccc3)NC(=O)CNC(=O)CNC(=O)CCCCCN3C(=O)C=CC3=O)C2)nn1. The van der Waals surface area contributed by atoms with E-state index in [9.17, 15) is 53.1 Å². The Hall–Kier alpha value is -9.12. The van der Waals surface area contributed by atoms with Gasteiger partial charge in [0.15, 0.2) is 5.60 Å². The number of hydrogen-bond donors (Lipinski definition) is 7. The lowest BCUT2D eigenvalue weighted by atomic mass is 9.86. The lowest BCUT2D eigenvalue weighted by Gasteiger charge is -2.32. The molecule has 7 heterocycles.